The zero-order valence-electron chi connectivity index (χ0n) is 21.8. The van der Waals surface area contributed by atoms with Crippen molar-refractivity contribution in [2.75, 3.05) is 31.6 Å². The summed E-state index contributed by atoms with van der Waals surface area (Å²) in [5.74, 6) is 0.590. The van der Waals surface area contributed by atoms with Gasteiger partial charge in [0.15, 0.2) is 0 Å². The average molecular weight is 565 g/mol. The Labute approximate surface area is 235 Å². The zero-order chi connectivity index (χ0) is 27.4. The molecule has 0 bridgehead atoms. The van der Waals surface area contributed by atoms with E-state index in [1.807, 2.05) is 44.2 Å². The summed E-state index contributed by atoms with van der Waals surface area (Å²) in [6, 6.07) is 15.2. The molecule has 1 N–H and O–H groups in total. The number of thiazole rings is 1. The third-order valence-electron chi connectivity index (χ3n) is 6.81. The van der Waals surface area contributed by atoms with Crippen LogP contribution in [0.4, 0.5) is 5.69 Å². The molecule has 0 unspecified atom stereocenters. The molecule has 0 radical (unpaired) electrons. The van der Waals surface area contributed by atoms with Crippen molar-refractivity contribution in [3.8, 4) is 22.5 Å². The molecule has 2 amide bonds. The van der Waals surface area contributed by atoms with Gasteiger partial charge in [-0.05, 0) is 50.5 Å². The lowest BCUT2D eigenvalue weighted by molar-refractivity contribution is -0.138. The topological polar surface area (TPSA) is 97.6 Å². The molecule has 1 aliphatic rings. The van der Waals surface area contributed by atoms with Crippen molar-refractivity contribution in [2.45, 2.75) is 32.6 Å². The van der Waals surface area contributed by atoms with Crippen LogP contribution in [0, 0.1) is 13.8 Å². The smallest absolute Gasteiger partial charge is 0.250 e. The first-order valence-electron chi connectivity index (χ1n) is 12.8. The van der Waals surface area contributed by atoms with E-state index in [0.29, 0.717) is 23.8 Å². The van der Waals surface area contributed by atoms with Gasteiger partial charge in [-0.3, -0.25) is 9.59 Å². The Morgan fingerprint density at radius 3 is 2.64 bits per heavy atom. The van der Waals surface area contributed by atoms with Crippen LogP contribution in [0.15, 0.2) is 58.4 Å². The number of piperidine rings is 1. The number of aryl methyl sites for hydroxylation is 2. The second kappa shape index (κ2) is 12.1. The van der Waals surface area contributed by atoms with Gasteiger partial charge < -0.3 is 19.5 Å². The van der Waals surface area contributed by atoms with Gasteiger partial charge >= 0.3 is 0 Å². The van der Waals surface area contributed by atoms with Crippen molar-refractivity contribution in [3.05, 3.63) is 75.3 Å². The molecule has 39 heavy (non-hydrogen) atoms. The van der Waals surface area contributed by atoms with Crippen LogP contribution < -0.4 is 5.32 Å². The highest BCUT2D eigenvalue weighted by Gasteiger charge is 2.27. The molecular weight excluding hydrogens is 536 g/mol. The van der Waals surface area contributed by atoms with Crippen LogP contribution in [0.3, 0.4) is 0 Å². The van der Waals surface area contributed by atoms with Gasteiger partial charge in [-0.25, -0.2) is 4.98 Å². The van der Waals surface area contributed by atoms with E-state index in [1.165, 1.54) is 0 Å². The number of hydrogen-bond acceptors (Lipinski definition) is 7. The fourth-order valence-electron chi connectivity index (χ4n) is 4.71. The number of benzene rings is 2. The quantitative estimate of drug-likeness (QED) is 0.278. The number of carbonyl (C=O) groups excluding carboxylic acids is 2. The lowest BCUT2D eigenvalue weighted by atomic mass is 9.97. The van der Waals surface area contributed by atoms with Gasteiger partial charge in [-0.15, -0.1) is 11.3 Å². The molecular formula is C29H29ClN4O4S. The number of hydrogen-bond donors (Lipinski definition) is 1. The predicted molar refractivity (Wildman–Crippen MR) is 152 cm³/mol. The summed E-state index contributed by atoms with van der Waals surface area (Å²) < 4.78 is 10.9. The van der Waals surface area contributed by atoms with Crippen LogP contribution in [-0.2, 0) is 14.3 Å². The molecule has 1 fully saturated rings. The van der Waals surface area contributed by atoms with Crippen LogP contribution in [0.2, 0.25) is 5.02 Å². The van der Waals surface area contributed by atoms with Crippen LogP contribution in [0.1, 0.15) is 35.1 Å². The highest BCUT2D eigenvalue weighted by molar-refractivity contribution is 7.10. The summed E-state index contributed by atoms with van der Waals surface area (Å²) in [5, 5.41) is 10.8. The molecule has 2 aromatic heterocycles. The number of amides is 2. The zero-order valence-corrected chi connectivity index (χ0v) is 23.3. The number of halogens is 1. The van der Waals surface area contributed by atoms with E-state index in [-0.39, 0.29) is 30.9 Å². The predicted octanol–water partition coefficient (Wildman–Crippen LogP) is 6.10. The summed E-state index contributed by atoms with van der Waals surface area (Å²) >= 11 is 7.59. The molecule has 8 nitrogen and oxygen atoms in total. The largest absolute Gasteiger partial charge is 0.362 e. The molecule has 10 heteroatoms. The Kier molecular flexibility index (Phi) is 8.40. The van der Waals surface area contributed by atoms with E-state index in [1.54, 1.807) is 34.4 Å². The summed E-state index contributed by atoms with van der Waals surface area (Å²) in [6.45, 7) is 4.69. The van der Waals surface area contributed by atoms with Crippen molar-refractivity contribution in [3.63, 3.8) is 0 Å². The lowest BCUT2D eigenvalue weighted by Gasteiger charge is -2.31. The maximum Gasteiger partial charge on any atom is 0.250 e. The standard InChI is InChI=1S/C29H29ClN4O4S/c1-18-14-22(30)8-9-23(18)31-25(35)15-37-16-26(36)34-12-10-21(11-13-34)29-32-24(17-39-29)27-19(2)38-33-28(27)20-6-4-3-5-7-20/h3-9,14,17,21H,10-13,15-16H2,1-2H3,(H,31,35). The minimum absolute atomic E-state index is 0.114. The Hall–Kier alpha value is -3.53. The molecule has 0 saturated carbocycles. The number of aromatic nitrogens is 2. The van der Waals surface area contributed by atoms with E-state index in [2.05, 4.69) is 15.9 Å². The molecule has 1 aliphatic heterocycles. The lowest BCUT2D eigenvalue weighted by Crippen LogP contribution is -2.40. The minimum atomic E-state index is -0.315. The fourth-order valence-corrected chi connectivity index (χ4v) is 5.92. The van der Waals surface area contributed by atoms with Crippen LogP contribution in [0.5, 0.6) is 0 Å². The highest BCUT2D eigenvalue weighted by Crippen LogP contribution is 2.38. The number of nitrogens with zero attached hydrogens (tertiary/aromatic N) is 3. The van der Waals surface area contributed by atoms with Crippen molar-refractivity contribution in [1.29, 1.82) is 0 Å². The van der Waals surface area contributed by atoms with Crippen molar-refractivity contribution in [1.82, 2.24) is 15.0 Å². The molecule has 2 aromatic carbocycles. The van der Waals surface area contributed by atoms with Gasteiger partial charge in [0.25, 0.3) is 0 Å². The molecule has 0 spiro atoms. The van der Waals surface area contributed by atoms with Crippen LogP contribution >= 0.6 is 22.9 Å². The third-order valence-corrected chi connectivity index (χ3v) is 8.05. The Balaban J connectivity index is 1.11. The fraction of sp³-hybridized carbons (Fsp3) is 0.310. The Morgan fingerprint density at radius 1 is 1.13 bits per heavy atom. The number of ether oxygens (including phenoxy) is 1. The second-order valence-electron chi connectivity index (χ2n) is 9.55. The molecule has 1 saturated heterocycles. The molecule has 4 aromatic rings. The van der Waals surface area contributed by atoms with Crippen molar-refractivity contribution in [2.24, 2.45) is 0 Å². The number of nitrogens with one attached hydrogen (secondary N) is 1. The van der Waals surface area contributed by atoms with Gasteiger partial charge in [-0.2, -0.15) is 0 Å². The van der Waals surface area contributed by atoms with Crippen LogP contribution in [-0.4, -0.2) is 53.2 Å². The molecule has 5 rings (SSSR count). The number of likely N-dealkylation sites (tertiary alicyclic amines) is 1. The summed E-state index contributed by atoms with van der Waals surface area (Å²) in [6.07, 6.45) is 1.65. The average Bonchev–Trinajstić information content (AvgIpc) is 3.57. The molecule has 0 aliphatic carbocycles. The first kappa shape index (κ1) is 27.1. The normalized spacial score (nSPS) is 14.0. The van der Waals surface area contributed by atoms with Crippen LogP contribution in [0.25, 0.3) is 22.5 Å². The van der Waals surface area contributed by atoms with E-state index in [9.17, 15) is 9.59 Å². The maximum atomic E-state index is 12.7. The number of carbonyl (C=O) groups is 2. The summed E-state index contributed by atoms with van der Waals surface area (Å²) in [5.41, 5.74) is 5.10. The first-order chi connectivity index (χ1) is 18.9. The Bertz CT molecular complexity index is 1460. The van der Waals surface area contributed by atoms with E-state index in [4.69, 9.17) is 25.8 Å². The van der Waals surface area contributed by atoms with Gasteiger partial charge in [0.05, 0.1) is 16.3 Å². The monoisotopic (exact) mass is 564 g/mol. The maximum absolute atomic E-state index is 12.7. The Morgan fingerprint density at radius 2 is 1.90 bits per heavy atom. The van der Waals surface area contributed by atoms with E-state index < -0.39 is 0 Å². The second-order valence-corrected chi connectivity index (χ2v) is 10.9. The summed E-state index contributed by atoms with van der Waals surface area (Å²) in [4.78, 5) is 31.6. The third kappa shape index (κ3) is 6.38. The molecule has 0 atom stereocenters. The summed E-state index contributed by atoms with van der Waals surface area (Å²) in [7, 11) is 0. The molecule has 3 heterocycles. The van der Waals surface area contributed by atoms with Crippen molar-refractivity contribution >= 4 is 40.4 Å². The number of rotatable bonds is 8. The van der Waals surface area contributed by atoms with Gasteiger partial charge in [0, 0.05) is 40.7 Å². The number of anilines is 1. The van der Waals surface area contributed by atoms with Crippen molar-refractivity contribution < 1.29 is 18.8 Å². The minimum Gasteiger partial charge on any atom is -0.362 e. The van der Waals surface area contributed by atoms with E-state index >= 15 is 0 Å². The van der Waals surface area contributed by atoms with Gasteiger partial charge in [-0.1, -0.05) is 47.1 Å². The SMILES string of the molecule is Cc1cc(Cl)ccc1NC(=O)COCC(=O)N1CCC(c2nc(-c3c(-c4ccccc4)noc3C)cs2)CC1. The van der Waals surface area contributed by atoms with E-state index in [0.717, 1.165) is 51.7 Å². The highest BCUT2D eigenvalue weighted by atomic mass is 35.5. The first-order valence-corrected chi connectivity index (χ1v) is 14.0. The molecule has 202 valence electrons. The van der Waals surface area contributed by atoms with Gasteiger partial charge in [0.2, 0.25) is 11.8 Å². The van der Waals surface area contributed by atoms with Gasteiger partial charge in [0.1, 0.15) is 24.7 Å².